The van der Waals surface area contributed by atoms with Gasteiger partial charge in [-0.05, 0) is 55.0 Å². The molecule has 168 valence electrons. The summed E-state index contributed by atoms with van der Waals surface area (Å²) in [6.07, 6.45) is 7.76. The Morgan fingerprint density at radius 2 is 2.09 bits per heavy atom. The fourth-order valence-corrected chi connectivity index (χ4v) is 6.00. The molecule has 1 aliphatic heterocycles. The van der Waals surface area contributed by atoms with Crippen LogP contribution < -0.4 is 5.32 Å². The second-order valence-electron chi connectivity index (χ2n) is 7.57. The first kappa shape index (κ1) is 22.4. The lowest BCUT2D eigenvalue weighted by Crippen LogP contribution is -2.43. The van der Waals surface area contributed by atoms with Crippen LogP contribution in [-0.4, -0.2) is 41.9 Å². The van der Waals surface area contributed by atoms with Crippen LogP contribution in [0.4, 0.5) is 0 Å². The van der Waals surface area contributed by atoms with E-state index >= 15 is 0 Å². The van der Waals surface area contributed by atoms with Crippen LogP contribution in [0.3, 0.4) is 0 Å². The third-order valence-electron chi connectivity index (χ3n) is 5.39. The molecule has 10 heteroatoms. The van der Waals surface area contributed by atoms with Crippen LogP contribution in [0.15, 0.2) is 51.5 Å². The van der Waals surface area contributed by atoms with Gasteiger partial charge < -0.3 is 9.84 Å². The van der Waals surface area contributed by atoms with Crippen molar-refractivity contribution in [2.45, 2.75) is 31.2 Å². The Labute approximate surface area is 191 Å². The summed E-state index contributed by atoms with van der Waals surface area (Å²) >= 11 is 1.55. The lowest BCUT2D eigenvalue weighted by molar-refractivity contribution is -0.126. The average molecular weight is 473 g/mol. The Morgan fingerprint density at radius 1 is 1.28 bits per heavy atom. The number of thiophene rings is 1. The summed E-state index contributed by atoms with van der Waals surface area (Å²) in [5, 5.41) is 8.74. The highest BCUT2D eigenvalue weighted by Crippen LogP contribution is 2.29. The van der Waals surface area contributed by atoms with Crippen LogP contribution in [-0.2, 0) is 21.4 Å². The Morgan fingerprint density at radius 3 is 2.78 bits per heavy atom. The molecule has 0 unspecified atom stereocenters. The summed E-state index contributed by atoms with van der Waals surface area (Å²) in [5.41, 5.74) is 1.25. The molecule has 3 aromatic heterocycles. The van der Waals surface area contributed by atoms with E-state index < -0.39 is 10.0 Å². The average Bonchev–Trinajstić information content (AvgIpc) is 3.46. The van der Waals surface area contributed by atoms with Crippen molar-refractivity contribution < 1.29 is 17.7 Å². The van der Waals surface area contributed by atoms with Gasteiger partial charge in [0.05, 0.1) is 0 Å². The summed E-state index contributed by atoms with van der Waals surface area (Å²) in [4.78, 5) is 17.6. The van der Waals surface area contributed by atoms with Gasteiger partial charge in [0.25, 0.3) is 0 Å². The number of nitrogens with zero attached hydrogens (tertiary/aromatic N) is 3. The predicted octanol–water partition coefficient (Wildman–Crippen LogP) is 3.33. The van der Waals surface area contributed by atoms with Crippen molar-refractivity contribution >= 4 is 39.4 Å². The number of aromatic nitrogens is 2. The third-order valence-corrected chi connectivity index (χ3v) is 8.28. The first-order valence-electron chi connectivity index (χ1n) is 10.3. The van der Waals surface area contributed by atoms with Crippen molar-refractivity contribution in [3.63, 3.8) is 0 Å². The molecule has 0 atom stereocenters. The van der Waals surface area contributed by atoms with Gasteiger partial charge in [0.15, 0.2) is 10.7 Å². The molecular formula is C22H24N4O4S2. The Hall–Kier alpha value is -2.82. The van der Waals surface area contributed by atoms with Gasteiger partial charge >= 0.3 is 0 Å². The molecule has 8 nitrogen and oxygen atoms in total. The molecule has 0 spiro atoms. The number of carbonyl (C=O) groups is 1. The Balaban J connectivity index is 1.40. The van der Waals surface area contributed by atoms with Crippen LogP contribution in [0, 0.1) is 12.8 Å². The fourth-order valence-electron chi connectivity index (χ4n) is 3.67. The fraction of sp³-hybridized carbons (Fsp3) is 0.318. The number of hydrogen-bond acceptors (Lipinski definition) is 7. The summed E-state index contributed by atoms with van der Waals surface area (Å²) in [6.45, 7) is 2.57. The van der Waals surface area contributed by atoms with E-state index in [1.807, 2.05) is 35.7 Å². The highest BCUT2D eigenvalue weighted by Gasteiger charge is 2.35. The molecule has 1 N–H and O–H groups in total. The maximum absolute atomic E-state index is 13.3. The van der Waals surface area contributed by atoms with E-state index in [0.717, 1.165) is 10.4 Å². The number of aryl methyl sites for hydroxylation is 1. The smallest absolute Gasteiger partial charge is 0.248 e. The van der Waals surface area contributed by atoms with Gasteiger partial charge in [-0.25, -0.2) is 8.42 Å². The number of hydrogen-bond donors (Lipinski definition) is 1. The largest absolute Gasteiger partial charge is 0.355 e. The topological polar surface area (TPSA) is 105 Å². The zero-order valence-corrected chi connectivity index (χ0v) is 19.2. The minimum atomic E-state index is -3.79. The van der Waals surface area contributed by atoms with Crippen LogP contribution in [0.2, 0.25) is 0 Å². The van der Waals surface area contributed by atoms with E-state index in [2.05, 4.69) is 15.5 Å². The van der Waals surface area contributed by atoms with E-state index in [1.54, 1.807) is 36.7 Å². The molecule has 3 aromatic rings. The van der Waals surface area contributed by atoms with Crippen molar-refractivity contribution in [2.75, 3.05) is 13.1 Å². The maximum atomic E-state index is 13.3. The summed E-state index contributed by atoms with van der Waals surface area (Å²) in [6, 6.07) is 7.57. The predicted molar refractivity (Wildman–Crippen MR) is 122 cm³/mol. The zero-order chi connectivity index (χ0) is 22.6. The molecule has 0 radical (unpaired) electrons. The van der Waals surface area contributed by atoms with Crippen LogP contribution in [0.5, 0.6) is 0 Å². The number of pyridine rings is 1. The van der Waals surface area contributed by atoms with Gasteiger partial charge in [0, 0.05) is 42.8 Å². The SMILES string of the molecule is Cc1noc(/C=C/c2cccs2)c1S(=O)(=O)N1CCC(C(=O)NCc2cccnc2)CC1. The van der Waals surface area contributed by atoms with Gasteiger partial charge in [-0.2, -0.15) is 4.31 Å². The molecule has 4 heterocycles. The van der Waals surface area contributed by atoms with Crippen molar-refractivity contribution in [1.29, 1.82) is 0 Å². The maximum Gasteiger partial charge on any atom is 0.248 e. The number of carbonyl (C=O) groups excluding carboxylic acids is 1. The van der Waals surface area contributed by atoms with Crippen molar-refractivity contribution in [1.82, 2.24) is 19.8 Å². The molecule has 0 bridgehead atoms. The summed E-state index contributed by atoms with van der Waals surface area (Å²) < 4.78 is 33.4. The monoisotopic (exact) mass is 472 g/mol. The molecule has 0 aromatic carbocycles. The molecule has 1 amide bonds. The van der Waals surface area contributed by atoms with Crippen molar-refractivity contribution in [3.8, 4) is 0 Å². The minimum absolute atomic E-state index is 0.0633. The van der Waals surface area contributed by atoms with Crippen LogP contribution in [0.25, 0.3) is 12.2 Å². The molecule has 0 aliphatic carbocycles. The summed E-state index contributed by atoms with van der Waals surface area (Å²) in [7, 11) is -3.79. The molecular weight excluding hydrogens is 448 g/mol. The van der Waals surface area contributed by atoms with Crippen molar-refractivity contribution in [2.24, 2.45) is 5.92 Å². The van der Waals surface area contributed by atoms with E-state index in [4.69, 9.17) is 4.52 Å². The third kappa shape index (κ3) is 4.98. The van der Waals surface area contributed by atoms with Gasteiger partial charge in [-0.15, -0.1) is 11.3 Å². The molecule has 0 saturated carbocycles. The second kappa shape index (κ2) is 9.76. The standard InChI is InChI=1S/C22H24N4O4S2/c1-16-21(20(30-25-16)7-6-19-5-3-13-31-19)32(28,29)26-11-8-18(9-12-26)22(27)24-15-17-4-2-10-23-14-17/h2-7,10,13-14,18H,8-9,11-12,15H2,1H3,(H,24,27)/b7-6+. The number of rotatable bonds is 7. The van der Waals surface area contributed by atoms with Gasteiger partial charge in [0.1, 0.15) is 5.69 Å². The number of amides is 1. The highest BCUT2D eigenvalue weighted by molar-refractivity contribution is 7.89. The molecule has 1 fully saturated rings. The zero-order valence-electron chi connectivity index (χ0n) is 17.6. The number of piperidine rings is 1. The van der Waals surface area contributed by atoms with Gasteiger partial charge in [-0.1, -0.05) is 17.3 Å². The minimum Gasteiger partial charge on any atom is -0.355 e. The van der Waals surface area contributed by atoms with Crippen LogP contribution >= 0.6 is 11.3 Å². The molecule has 4 rings (SSSR count). The first-order chi connectivity index (χ1) is 15.4. The molecule has 1 aliphatic rings. The number of sulfonamides is 1. The summed E-state index contributed by atoms with van der Waals surface area (Å²) in [5.74, 6) is -0.0706. The highest BCUT2D eigenvalue weighted by atomic mass is 32.2. The first-order valence-corrected chi connectivity index (χ1v) is 12.6. The normalized spacial score (nSPS) is 15.9. The van der Waals surface area contributed by atoms with E-state index in [1.165, 1.54) is 4.31 Å². The Bertz CT molecular complexity index is 1180. The quantitative estimate of drug-likeness (QED) is 0.565. The second-order valence-corrected chi connectivity index (χ2v) is 10.4. The lowest BCUT2D eigenvalue weighted by atomic mass is 9.97. The van der Waals surface area contributed by atoms with Crippen LogP contribution in [0.1, 0.15) is 34.7 Å². The number of nitrogens with one attached hydrogen (secondary N) is 1. The van der Waals surface area contributed by atoms with Crippen molar-refractivity contribution in [3.05, 3.63) is 63.9 Å². The van der Waals surface area contributed by atoms with E-state index in [-0.39, 0.29) is 35.6 Å². The van der Waals surface area contributed by atoms with E-state index in [9.17, 15) is 13.2 Å². The van der Waals surface area contributed by atoms with Gasteiger partial charge in [-0.3, -0.25) is 9.78 Å². The molecule has 1 saturated heterocycles. The lowest BCUT2D eigenvalue weighted by Gasteiger charge is -2.30. The van der Waals surface area contributed by atoms with Gasteiger partial charge in [0.2, 0.25) is 15.9 Å². The van der Waals surface area contributed by atoms with E-state index in [0.29, 0.717) is 25.1 Å². The molecule has 32 heavy (non-hydrogen) atoms. The Kier molecular flexibility index (Phi) is 6.83.